The molecule has 1 aliphatic heterocycles. The van der Waals surface area contributed by atoms with E-state index in [4.69, 9.17) is 4.74 Å². The average Bonchev–Trinajstić information content (AvgIpc) is 3.52. The van der Waals surface area contributed by atoms with Gasteiger partial charge in [0.2, 0.25) is 0 Å². The molecule has 4 aromatic rings. The number of hydrogen-bond acceptors (Lipinski definition) is 8. The monoisotopic (exact) mass is 537 g/mol. The first kappa shape index (κ1) is 26.6. The van der Waals surface area contributed by atoms with Crippen LogP contribution in [0.2, 0.25) is 0 Å². The summed E-state index contributed by atoms with van der Waals surface area (Å²) < 4.78 is 35.8. The Morgan fingerprint density at radius 2 is 1.87 bits per heavy atom. The van der Waals surface area contributed by atoms with E-state index in [1.807, 2.05) is 31.2 Å². The predicted molar refractivity (Wildman–Crippen MR) is 149 cm³/mol. The summed E-state index contributed by atoms with van der Waals surface area (Å²) in [6.07, 6.45) is 3.80. The third-order valence-electron chi connectivity index (χ3n) is 6.55. The van der Waals surface area contributed by atoms with Gasteiger partial charge < -0.3 is 24.8 Å². The highest BCUT2D eigenvalue weighted by molar-refractivity contribution is 5.83. The second-order valence-corrected chi connectivity index (χ2v) is 9.87. The van der Waals surface area contributed by atoms with E-state index in [2.05, 4.69) is 59.3 Å². The van der Waals surface area contributed by atoms with Gasteiger partial charge >= 0.3 is 6.01 Å². The zero-order valence-corrected chi connectivity index (χ0v) is 22.6. The van der Waals surface area contributed by atoms with Crippen LogP contribution >= 0.6 is 0 Å². The summed E-state index contributed by atoms with van der Waals surface area (Å²) in [6, 6.07) is 6.10. The number of fused-ring (bicyclic) bond motifs is 1. The molecule has 0 amide bonds. The van der Waals surface area contributed by atoms with Crippen LogP contribution in [0.5, 0.6) is 11.8 Å². The van der Waals surface area contributed by atoms with Crippen LogP contribution in [0.4, 0.5) is 26.2 Å². The summed E-state index contributed by atoms with van der Waals surface area (Å²) in [5.41, 5.74) is 1.56. The molecule has 0 atom stereocenters. The molecule has 10 nitrogen and oxygen atoms in total. The number of aromatic amines is 2. The van der Waals surface area contributed by atoms with E-state index in [9.17, 15) is 4.39 Å². The molecule has 1 saturated heterocycles. The number of aryl methyl sites for hydroxylation is 1. The molecule has 0 aliphatic carbocycles. The number of anilines is 3. The molecule has 5 rings (SSSR count). The van der Waals surface area contributed by atoms with Crippen LogP contribution in [0.25, 0.3) is 17.0 Å². The molecule has 0 unspecified atom stereocenters. The Balaban J connectivity index is 1.43. The van der Waals surface area contributed by atoms with E-state index in [1.165, 1.54) is 0 Å². The van der Waals surface area contributed by atoms with Crippen LogP contribution in [-0.2, 0) is 0 Å². The van der Waals surface area contributed by atoms with E-state index in [0.717, 1.165) is 51.0 Å². The second kappa shape index (κ2) is 11.4. The summed E-state index contributed by atoms with van der Waals surface area (Å²) in [5, 5.41) is 10.5. The van der Waals surface area contributed by atoms with E-state index < -0.39 is 11.6 Å². The van der Waals surface area contributed by atoms with Crippen LogP contribution in [-0.4, -0.2) is 88.3 Å². The molecule has 39 heavy (non-hydrogen) atoms. The van der Waals surface area contributed by atoms with Crippen LogP contribution < -0.4 is 15.0 Å². The van der Waals surface area contributed by atoms with Gasteiger partial charge in [0.25, 0.3) is 0 Å². The average molecular weight is 538 g/mol. The first-order valence-corrected chi connectivity index (χ1v) is 12.9. The molecule has 0 spiro atoms. The molecule has 3 aromatic heterocycles. The SMILES string of the molecule is C/C=C/c1cc(Nc2cc(N3CCN(CCN(C)C)CC3)nc(Oc3cc(F)c4[nH]c(C)cc4c3F)n2)n[nH]1. The van der Waals surface area contributed by atoms with Crippen molar-refractivity contribution in [3.63, 3.8) is 0 Å². The number of allylic oxidation sites excluding steroid dienone is 1. The van der Waals surface area contributed by atoms with Crippen LogP contribution in [0, 0.1) is 18.6 Å². The van der Waals surface area contributed by atoms with E-state index in [0.29, 0.717) is 23.1 Å². The molecule has 0 bridgehead atoms. The van der Waals surface area contributed by atoms with Gasteiger partial charge in [-0.1, -0.05) is 6.08 Å². The Morgan fingerprint density at radius 3 is 2.62 bits per heavy atom. The molecule has 4 heterocycles. The topological polar surface area (TPSA) is 101 Å². The maximum Gasteiger partial charge on any atom is 0.326 e. The number of rotatable bonds is 9. The predicted octanol–water partition coefficient (Wildman–Crippen LogP) is 4.52. The summed E-state index contributed by atoms with van der Waals surface area (Å²) in [6.45, 7) is 8.92. The number of benzene rings is 1. The number of hydrogen-bond donors (Lipinski definition) is 3. The highest BCUT2D eigenvalue weighted by Gasteiger charge is 2.22. The molecule has 1 aliphatic rings. The second-order valence-electron chi connectivity index (χ2n) is 9.87. The zero-order valence-electron chi connectivity index (χ0n) is 22.6. The van der Waals surface area contributed by atoms with Gasteiger partial charge in [-0.15, -0.1) is 0 Å². The Labute approximate surface area is 225 Å². The summed E-state index contributed by atoms with van der Waals surface area (Å²) in [7, 11) is 4.13. The van der Waals surface area contributed by atoms with Gasteiger partial charge in [-0.2, -0.15) is 15.1 Å². The van der Waals surface area contributed by atoms with Gasteiger partial charge in [-0.05, 0) is 40.1 Å². The van der Waals surface area contributed by atoms with Crippen molar-refractivity contribution < 1.29 is 13.5 Å². The standard InChI is InChI=1S/C27H33F2N9O/c1-5-6-18-14-23(35-34-18)31-22-16-24(38-11-9-37(10-12-38)8-7-36(3)4)33-27(32-22)39-21-15-20(28)26-19(25(21)29)13-17(2)30-26/h5-6,13-16,30H,7-12H2,1-4H3,(H2,31,32,33,34,35)/b6-5+. The highest BCUT2D eigenvalue weighted by Crippen LogP contribution is 2.33. The fraction of sp³-hybridized carbons (Fsp3) is 0.370. The normalized spacial score (nSPS) is 14.7. The number of halogens is 2. The fourth-order valence-corrected chi connectivity index (χ4v) is 4.53. The molecule has 0 radical (unpaired) electrons. The van der Waals surface area contributed by atoms with Gasteiger partial charge in [-0.3, -0.25) is 10.00 Å². The third kappa shape index (κ3) is 6.18. The zero-order chi connectivity index (χ0) is 27.5. The Hall–Kier alpha value is -4.03. The van der Waals surface area contributed by atoms with Crippen LogP contribution in [0.15, 0.2) is 30.3 Å². The number of nitrogens with zero attached hydrogens (tertiary/aromatic N) is 6. The first-order valence-electron chi connectivity index (χ1n) is 12.9. The minimum absolute atomic E-state index is 0.0944. The maximum atomic E-state index is 15.3. The van der Waals surface area contributed by atoms with Crippen LogP contribution in [0.1, 0.15) is 18.3 Å². The molecule has 0 saturated carbocycles. The lowest BCUT2D eigenvalue weighted by atomic mass is 10.2. The lowest BCUT2D eigenvalue weighted by molar-refractivity contribution is 0.229. The lowest BCUT2D eigenvalue weighted by Gasteiger charge is -2.35. The van der Waals surface area contributed by atoms with Crippen molar-refractivity contribution in [2.45, 2.75) is 13.8 Å². The number of ether oxygens (including phenoxy) is 1. The Kier molecular flexibility index (Phi) is 7.75. The van der Waals surface area contributed by atoms with Crippen molar-refractivity contribution >= 4 is 34.4 Å². The van der Waals surface area contributed by atoms with Gasteiger partial charge in [0.05, 0.1) is 11.2 Å². The number of nitrogens with one attached hydrogen (secondary N) is 3. The first-order chi connectivity index (χ1) is 18.8. The molecule has 3 N–H and O–H groups in total. The number of aromatic nitrogens is 5. The summed E-state index contributed by atoms with van der Waals surface area (Å²) >= 11 is 0. The third-order valence-corrected chi connectivity index (χ3v) is 6.55. The number of likely N-dealkylation sites (N-methyl/N-ethyl adjacent to an activating group) is 1. The van der Waals surface area contributed by atoms with E-state index >= 15 is 4.39 Å². The summed E-state index contributed by atoms with van der Waals surface area (Å²) in [5.74, 6) is 0.00349. The van der Waals surface area contributed by atoms with Gasteiger partial charge in [0.1, 0.15) is 11.6 Å². The van der Waals surface area contributed by atoms with Crippen molar-refractivity contribution in [2.24, 2.45) is 0 Å². The molecular weight excluding hydrogens is 504 g/mol. The van der Waals surface area contributed by atoms with Crippen molar-refractivity contribution in [3.8, 4) is 11.8 Å². The number of H-pyrrole nitrogens is 2. The van der Waals surface area contributed by atoms with Gasteiger partial charge in [-0.25, -0.2) is 8.78 Å². The lowest BCUT2D eigenvalue weighted by Crippen LogP contribution is -2.48. The minimum atomic E-state index is -0.683. The Morgan fingerprint density at radius 1 is 1.08 bits per heavy atom. The molecule has 12 heteroatoms. The van der Waals surface area contributed by atoms with Crippen molar-refractivity contribution in [3.05, 3.63) is 53.4 Å². The quantitative estimate of drug-likeness (QED) is 0.287. The van der Waals surface area contributed by atoms with Gasteiger partial charge in [0, 0.05) is 68.5 Å². The van der Waals surface area contributed by atoms with Crippen molar-refractivity contribution in [1.82, 2.24) is 34.9 Å². The van der Waals surface area contributed by atoms with Crippen molar-refractivity contribution in [2.75, 3.05) is 63.6 Å². The number of piperazine rings is 1. The van der Waals surface area contributed by atoms with Gasteiger partial charge in [0.15, 0.2) is 23.2 Å². The van der Waals surface area contributed by atoms with Crippen molar-refractivity contribution in [1.29, 1.82) is 0 Å². The molecule has 206 valence electrons. The maximum absolute atomic E-state index is 15.3. The highest BCUT2D eigenvalue weighted by atomic mass is 19.1. The molecular formula is C27H33F2N9O. The molecule has 1 aromatic carbocycles. The fourth-order valence-electron chi connectivity index (χ4n) is 4.53. The Bertz CT molecular complexity index is 1470. The smallest absolute Gasteiger partial charge is 0.326 e. The minimum Gasteiger partial charge on any atom is -0.421 e. The largest absolute Gasteiger partial charge is 0.421 e. The van der Waals surface area contributed by atoms with E-state index in [1.54, 1.807) is 13.0 Å². The van der Waals surface area contributed by atoms with Crippen LogP contribution in [0.3, 0.4) is 0 Å². The summed E-state index contributed by atoms with van der Waals surface area (Å²) in [4.78, 5) is 18.6. The van der Waals surface area contributed by atoms with E-state index in [-0.39, 0.29) is 22.7 Å². The molecule has 1 fully saturated rings.